The van der Waals surface area contributed by atoms with Crippen LogP contribution in [0.3, 0.4) is 0 Å². The zero-order chi connectivity index (χ0) is 20.2. The highest BCUT2D eigenvalue weighted by Gasteiger charge is 2.17. The Labute approximate surface area is 173 Å². The van der Waals surface area contributed by atoms with Gasteiger partial charge in [0.05, 0.1) is 17.2 Å². The first-order valence-corrected chi connectivity index (χ1v) is 10.1. The van der Waals surface area contributed by atoms with E-state index >= 15 is 0 Å². The van der Waals surface area contributed by atoms with Crippen molar-refractivity contribution in [2.75, 3.05) is 0 Å². The summed E-state index contributed by atoms with van der Waals surface area (Å²) in [6, 6.07) is 11.2. The molecular formula is C21H14FN7S. The number of aromatic amines is 2. The number of pyridine rings is 1. The van der Waals surface area contributed by atoms with Crippen molar-refractivity contribution in [3.8, 4) is 33.1 Å². The van der Waals surface area contributed by atoms with Crippen LogP contribution in [-0.2, 0) is 7.05 Å². The fraction of sp³-hybridized carbons (Fsp3) is 0.0476. The van der Waals surface area contributed by atoms with Crippen LogP contribution in [0.4, 0.5) is 4.39 Å². The van der Waals surface area contributed by atoms with Crippen molar-refractivity contribution in [2.45, 2.75) is 0 Å². The first-order valence-electron chi connectivity index (χ1n) is 9.24. The molecule has 0 aliphatic carbocycles. The molecule has 6 rings (SSSR count). The molecule has 0 saturated carbocycles. The summed E-state index contributed by atoms with van der Waals surface area (Å²) in [6.45, 7) is 0. The maximum Gasteiger partial charge on any atom is 0.178 e. The van der Waals surface area contributed by atoms with Crippen LogP contribution in [-0.4, -0.2) is 34.9 Å². The fourth-order valence-electron chi connectivity index (χ4n) is 3.63. The number of rotatable bonds is 3. The van der Waals surface area contributed by atoms with Crippen molar-refractivity contribution >= 4 is 33.4 Å². The number of halogens is 1. The molecule has 5 heterocycles. The lowest BCUT2D eigenvalue weighted by molar-refractivity contribution is 0.657. The predicted molar refractivity (Wildman–Crippen MR) is 114 cm³/mol. The summed E-state index contributed by atoms with van der Waals surface area (Å²) in [5.74, 6) is 0.608. The standard InChI is InChI=1S/C21H14FN7S/c1-29-10-12(9-24-29)11-2-3-15-14(8-11)19(28-27-15)21-25-18-13(6-7-23-20(18)26-21)16-4-5-17(22)30-16/h2-10H,1H3,(H,27,28)(H,23,25,26). The van der Waals surface area contributed by atoms with Crippen LogP contribution < -0.4 is 0 Å². The zero-order valence-electron chi connectivity index (χ0n) is 15.7. The van der Waals surface area contributed by atoms with Crippen molar-refractivity contribution in [3.05, 3.63) is 60.1 Å². The van der Waals surface area contributed by atoms with Gasteiger partial charge >= 0.3 is 0 Å². The third-order valence-electron chi connectivity index (χ3n) is 5.06. The molecule has 0 atom stereocenters. The van der Waals surface area contributed by atoms with Crippen molar-refractivity contribution in [3.63, 3.8) is 0 Å². The molecule has 0 aliphatic heterocycles. The number of fused-ring (bicyclic) bond motifs is 2. The van der Waals surface area contributed by atoms with Gasteiger partial charge in [-0.1, -0.05) is 6.07 Å². The maximum absolute atomic E-state index is 13.6. The van der Waals surface area contributed by atoms with Crippen LogP contribution in [0.1, 0.15) is 0 Å². The van der Waals surface area contributed by atoms with Gasteiger partial charge in [0.25, 0.3) is 0 Å². The number of nitrogens with one attached hydrogen (secondary N) is 2. The number of imidazole rings is 1. The van der Waals surface area contributed by atoms with E-state index in [4.69, 9.17) is 0 Å². The third kappa shape index (κ3) is 2.63. The van der Waals surface area contributed by atoms with Crippen LogP contribution in [0, 0.1) is 5.13 Å². The molecule has 146 valence electrons. The average Bonchev–Trinajstić information content (AvgIpc) is 3.52. The van der Waals surface area contributed by atoms with Crippen LogP contribution in [0.15, 0.2) is 55.0 Å². The molecule has 0 unspecified atom stereocenters. The van der Waals surface area contributed by atoms with Crippen LogP contribution in [0.5, 0.6) is 0 Å². The largest absolute Gasteiger partial charge is 0.335 e. The number of hydrogen-bond donors (Lipinski definition) is 2. The summed E-state index contributed by atoms with van der Waals surface area (Å²) < 4.78 is 15.3. The highest BCUT2D eigenvalue weighted by Crippen LogP contribution is 2.34. The summed E-state index contributed by atoms with van der Waals surface area (Å²) in [4.78, 5) is 13.2. The molecule has 0 radical (unpaired) electrons. The van der Waals surface area contributed by atoms with E-state index in [-0.39, 0.29) is 5.13 Å². The Morgan fingerprint density at radius 2 is 2.03 bits per heavy atom. The number of thiophene rings is 1. The van der Waals surface area contributed by atoms with Gasteiger partial charge in [-0.25, -0.2) is 9.97 Å². The normalized spacial score (nSPS) is 11.7. The second-order valence-electron chi connectivity index (χ2n) is 6.98. The number of nitrogens with zero attached hydrogens (tertiary/aromatic N) is 5. The fourth-order valence-corrected chi connectivity index (χ4v) is 4.39. The number of benzene rings is 1. The Bertz CT molecular complexity index is 1540. The molecule has 0 spiro atoms. The molecule has 5 aromatic heterocycles. The van der Waals surface area contributed by atoms with Crippen LogP contribution >= 0.6 is 11.3 Å². The van der Waals surface area contributed by atoms with E-state index in [0.29, 0.717) is 17.2 Å². The molecule has 2 N–H and O–H groups in total. The molecule has 6 aromatic rings. The minimum Gasteiger partial charge on any atom is -0.335 e. The van der Waals surface area contributed by atoms with Gasteiger partial charge in [-0.2, -0.15) is 14.6 Å². The Morgan fingerprint density at radius 1 is 1.10 bits per heavy atom. The molecule has 0 saturated heterocycles. The van der Waals surface area contributed by atoms with E-state index in [1.54, 1.807) is 16.9 Å². The lowest BCUT2D eigenvalue weighted by Crippen LogP contribution is -1.84. The van der Waals surface area contributed by atoms with E-state index in [1.165, 1.54) is 6.07 Å². The molecule has 0 fully saturated rings. The summed E-state index contributed by atoms with van der Waals surface area (Å²) in [7, 11) is 1.89. The van der Waals surface area contributed by atoms with Gasteiger partial charge in [0.2, 0.25) is 0 Å². The van der Waals surface area contributed by atoms with Crippen molar-refractivity contribution in [2.24, 2.45) is 7.05 Å². The number of aryl methyl sites for hydroxylation is 1. The minimum absolute atomic E-state index is 0.226. The smallest absolute Gasteiger partial charge is 0.178 e. The second-order valence-corrected chi connectivity index (χ2v) is 8.02. The van der Waals surface area contributed by atoms with Crippen molar-refractivity contribution < 1.29 is 4.39 Å². The Kier molecular flexibility index (Phi) is 3.59. The van der Waals surface area contributed by atoms with E-state index in [9.17, 15) is 4.39 Å². The van der Waals surface area contributed by atoms with E-state index in [1.807, 2.05) is 37.6 Å². The Morgan fingerprint density at radius 3 is 2.83 bits per heavy atom. The highest BCUT2D eigenvalue weighted by molar-refractivity contribution is 7.14. The molecule has 0 aliphatic rings. The monoisotopic (exact) mass is 415 g/mol. The predicted octanol–water partition coefficient (Wildman–Crippen LogP) is 4.77. The van der Waals surface area contributed by atoms with E-state index in [0.717, 1.165) is 49.3 Å². The highest BCUT2D eigenvalue weighted by atomic mass is 32.1. The average molecular weight is 415 g/mol. The number of H-pyrrole nitrogens is 2. The molecular weight excluding hydrogens is 401 g/mol. The molecule has 7 nitrogen and oxygen atoms in total. The lowest BCUT2D eigenvalue weighted by Gasteiger charge is -1.99. The van der Waals surface area contributed by atoms with Gasteiger partial charge in [-0.05, 0) is 35.9 Å². The summed E-state index contributed by atoms with van der Waals surface area (Å²) in [5, 5.41) is 12.5. The van der Waals surface area contributed by atoms with Gasteiger partial charge in [0, 0.05) is 40.8 Å². The van der Waals surface area contributed by atoms with Crippen molar-refractivity contribution in [1.82, 2.24) is 34.9 Å². The third-order valence-corrected chi connectivity index (χ3v) is 5.96. The first kappa shape index (κ1) is 17.0. The molecule has 0 amide bonds. The lowest BCUT2D eigenvalue weighted by atomic mass is 10.1. The van der Waals surface area contributed by atoms with Gasteiger partial charge < -0.3 is 4.98 Å². The van der Waals surface area contributed by atoms with Gasteiger partial charge in [0.1, 0.15) is 5.69 Å². The molecule has 0 bridgehead atoms. The quantitative estimate of drug-likeness (QED) is 0.436. The maximum atomic E-state index is 13.6. The molecule has 30 heavy (non-hydrogen) atoms. The second kappa shape index (κ2) is 6.33. The SMILES string of the molecule is Cn1cc(-c2ccc3[nH]nc(-c4nc5nccc(-c6ccc(F)s6)c5[nH]4)c3c2)cn1. The first-order chi connectivity index (χ1) is 14.7. The number of aromatic nitrogens is 7. The van der Waals surface area contributed by atoms with Crippen LogP contribution in [0.2, 0.25) is 0 Å². The molecule has 1 aromatic carbocycles. The summed E-state index contributed by atoms with van der Waals surface area (Å²) >= 11 is 1.09. The topological polar surface area (TPSA) is 88.1 Å². The summed E-state index contributed by atoms with van der Waals surface area (Å²) in [6.07, 6.45) is 5.49. The molecule has 9 heteroatoms. The summed E-state index contributed by atoms with van der Waals surface area (Å²) in [5.41, 5.74) is 5.87. The number of hydrogen-bond acceptors (Lipinski definition) is 5. The Balaban J connectivity index is 1.52. The van der Waals surface area contributed by atoms with E-state index in [2.05, 4.69) is 36.3 Å². The Hall–Kier alpha value is -3.85. The minimum atomic E-state index is -0.226. The van der Waals surface area contributed by atoms with E-state index < -0.39 is 0 Å². The van der Waals surface area contributed by atoms with Crippen LogP contribution in [0.25, 0.3) is 55.2 Å². The zero-order valence-corrected chi connectivity index (χ0v) is 16.5. The van der Waals surface area contributed by atoms with Gasteiger partial charge in [0.15, 0.2) is 16.6 Å². The van der Waals surface area contributed by atoms with Gasteiger partial charge in [-0.3, -0.25) is 9.78 Å². The van der Waals surface area contributed by atoms with Gasteiger partial charge in [-0.15, -0.1) is 11.3 Å². The van der Waals surface area contributed by atoms with Crippen molar-refractivity contribution in [1.29, 1.82) is 0 Å².